The highest BCUT2D eigenvalue weighted by Crippen LogP contribution is 2.33. The van der Waals surface area contributed by atoms with Gasteiger partial charge in [-0.25, -0.2) is 0 Å². The topological polar surface area (TPSA) is 110 Å². The number of para-hydroxylation sites is 1. The number of ether oxygens (including phenoxy) is 2. The van der Waals surface area contributed by atoms with E-state index in [1.807, 2.05) is 37.3 Å². The van der Waals surface area contributed by atoms with E-state index in [0.717, 1.165) is 11.4 Å². The van der Waals surface area contributed by atoms with Gasteiger partial charge in [0, 0.05) is 6.42 Å². The Morgan fingerprint density at radius 2 is 1.90 bits per heavy atom. The zero-order valence-electron chi connectivity index (χ0n) is 16.6. The molecule has 0 amide bonds. The van der Waals surface area contributed by atoms with Crippen LogP contribution in [0.4, 0.5) is 0 Å². The van der Waals surface area contributed by atoms with Crippen LogP contribution in [0.25, 0.3) is 5.69 Å². The molecular weight excluding hydrogens is 386 g/mol. The standard InChI is InChI=1S/C22H25N3O5/c1-14-19(24-25(23-14)16-7-3-2-4-8-16)13-29-17-9-5-6-15(10-17)22-21(28)20(27)11-18(12-26)30-22/h2-10,18,20-22,26-28H,11-13H2,1H3. The highest BCUT2D eigenvalue weighted by molar-refractivity contribution is 5.32. The van der Waals surface area contributed by atoms with E-state index in [9.17, 15) is 15.3 Å². The van der Waals surface area contributed by atoms with Crippen LogP contribution in [0.1, 0.15) is 29.5 Å². The van der Waals surface area contributed by atoms with E-state index in [0.29, 0.717) is 17.0 Å². The van der Waals surface area contributed by atoms with Crippen molar-refractivity contribution in [2.45, 2.75) is 44.4 Å². The van der Waals surface area contributed by atoms with Gasteiger partial charge >= 0.3 is 0 Å². The van der Waals surface area contributed by atoms with Gasteiger partial charge in [-0.3, -0.25) is 0 Å². The Balaban J connectivity index is 1.47. The van der Waals surface area contributed by atoms with Gasteiger partial charge in [0.25, 0.3) is 0 Å². The second-order valence-corrected chi connectivity index (χ2v) is 7.37. The first kappa shape index (κ1) is 20.5. The number of aryl methyl sites for hydroxylation is 1. The zero-order valence-corrected chi connectivity index (χ0v) is 16.6. The number of aromatic nitrogens is 3. The smallest absolute Gasteiger partial charge is 0.134 e. The first-order valence-electron chi connectivity index (χ1n) is 9.88. The van der Waals surface area contributed by atoms with E-state index in [1.165, 1.54) is 0 Å². The Hall–Kier alpha value is -2.78. The van der Waals surface area contributed by atoms with Crippen molar-refractivity contribution >= 4 is 0 Å². The lowest BCUT2D eigenvalue weighted by Crippen LogP contribution is -2.44. The summed E-state index contributed by atoms with van der Waals surface area (Å²) in [5, 5.41) is 38.7. The van der Waals surface area contributed by atoms with E-state index < -0.39 is 24.4 Å². The number of hydrogen-bond donors (Lipinski definition) is 3. The van der Waals surface area contributed by atoms with Gasteiger partial charge in [-0.2, -0.15) is 9.90 Å². The highest BCUT2D eigenvalue weighted by Gasteiger charge is 2.37. The Morgan fingerprint density at radius 3 is 2.67 bits per heavy atom. The summed E-state index contributed by atoms with van der Waals surface area (Å²) in [6.07, 6.45) is -3.10. The number of aliphatic hydroxyl groups is 3. The van der Waals surface area contributed by atoms with Gasteiger partial charge in [-0.1, -0.05) is 30.3 Å². The predicted octanol–water partition coefficient (Wildman–Crippen LogP) is 1.70. The average Bonchev–Trinajstić information content (AvgIpc) is 3.15. The van der Waals surface area contributed by atoms with Crippen LogP contribution in [0.2, 0.25) is 0 Å². The molecule has 2 aromatic carbocycles. The molecule has 0 bridgehead atoms. The molecule has 0 spiro atoms. The molecule has 158 valence electrons. The van der Waals surface area contributed by atoms with Gasteiger partial charge in [-0.05, 0) is 36.8 Å². The van der Waals surface area contributed by atoms with Crippen molar-refractivity contribution in [2.75, 3.05) is 6.61 Å². The minimum atomic E-state index is -1.07. The summed E-state index contributed by atoms with van der Waals surface area (Å²) in [7, 11) is 0. The molecule has 1 aromatic heterocycles. The molecule has 0 saturated carbocycles. The molecule has 1 aliphatic heterocycles. The van der Waals surface area contributed by atoms with Crippen molar-refractivity contribution in [1.29, 1.82) is 0 Å². The van der Waals surface area contributed by atoms with Crippen molar-refractivity contribution < 1.29 is 24.8 Å². The van der Waals surface area contributed by atoms with Gasteiger partial charge in [-0.15, -0.1) is 5.10 Å². The molecular formula is C22H25N3O5. The third-order valence-electron chi connectivity index (χ3n) is 5.18. The molecule has 4 unspecified atom stereocenters. The molecule has 8 heteroatoms. The molecule has 3 aromatic rings. The van der Waals surface area contributed by atoms with E-state index in [-0.39, 0.29) is 19.6 Å². The summed E-state index contributed by atoms with van der Waals surface area (Å²) in [6.45, 7) is 1.90. The highest BCUT2D eigenvalue weighted by atomic mass is 16.5. The van der Waals surface area contributed by atoms with Crippen LogP contribution in [0.3, 0.4) is 0 Å². The number of hydrogen-bond acceptors (Lipinski definition) is 7. The van der Waals surface area contributed by atoms with Crippen LogP contribution < -0.4 is 4.74 Å². The summed E-state index contributed by atoms with van der Waals surface area (Å²) in [4.78, 5) is 1.58. The number of aliphatic hydroxyl groups excluding tert-OH is 3. The Labute approximate surface area is 174 Å². The van der Waals surface area contributed by atoms with Crippen molar-refractivity contribution in [3.8, 4) is 11.4 Å². The maximum absolute atomic E-state index is 10.3. The summed E-state index contributed by atoms with van der Waals surface area (Å²) in [5.74, 6) is 0.581. The van der Waals surface area contributed by atoms with Gasteiger partial charge in [0.1, 0.15) is 30.3 Å². The fourth-order valence-electron chi connectivity index (χ4n) is 3.50. The van der Waals surface area contributed by atoms with E-state index in [1.54, 1.807) is 29.1 Å². The Morgan fingerprint density at radius 1 is 1.10 bits per heavy atom. The second kappa shape index (κ2) is 8.93. The average molecular weight is 411 g/mol. The third-order valence-corrected chi connectivity index (χ3v) is 5.18. The molecule has 1 fully saturated rings. The first-order valence-corrected chi connectivity index (χ1v) is 9.88. The van der Waals surface area contributed by atoms with Crippen LogP contribution in [-0.4, -0.2) is 55.2 Å². The van der Waals surface area contributed by atoms with Crippen molar-refractivity contribution in [2.24, 2.45) is 0 Å². The maximum Gasteiger partial charge on any atom is 0.134 e. The Bertz CT molecular complexity index is 978. The van der Waals surface area contributed by atoms with Crippen LogP contribution in [0.5, 0.6) is 5.75 Å². The fraction of sp³-hybridized carbons (Fsp3) is 0.364. The molecule has 0 aliphatic carbocycles. The maximum atomic E-state index is 10.3. The van der Waals surface area contributed by atoms with Crippen LogP contribution in [-0.2, 0) is 11.3 Å². The van der Waals surface area contributed by atoms with Gasteiger partial charge in [0.2, 0.25) is 0 Å². The monoisotopic (exact) mass is 411 g/mol. The number of nitrogens with zero attached hydrogens (tertiary/aromatic N) is 3. The molecule has 8 nitrogen and oxygen atoms in total. The third kappa shape index (κ3) is 4.36. The summed E-state index contributed by atoms with van der Waals surface area (Å²) in [5.41, 5.74) is 3.03. The van der Waals surface area contributed by atoms with Gasteiger partial charge < -0.3 is 24.8 Å². The number of rotatable bonds is 6. The SMILES string of the molecule is Cc1nn(-c2ccccc2)nc1COc1cccc(C2OC(CO)CC(O)C2O)c1. The van der Waals surface area contributed by atoms with Gasteiger partial charge in [0.15, 0.2) is 0 Å². The second-order valence-electron chi connectivity index (χ2n) is 7.37. The quantitative estimate of drug-likeness (QED) is 0.566. The van der Waals surface area contributed by atoms with Crippen molar-refractivity contribution in [3.63, 3.8) is 0 Å². The molecule has 1 saturated heterocycles. The lowest BCUT2D eigenvalue weighted by Gasteiger charge is -2.36. The summed E-state index contributed by atoms with van der Waals surface area (Å²) in [6, 6.07) is 16.8. The van der Waals surface area contributed by atoms with E-state index in [4.69, 9.17) is 9.47 Å². The summed E-state index contributed by atoms with van der Waals surface area (Å²) < 4.78 is 11.7. The van der Waals surface area contributed by atoms with E-state index >= 15 is 0 Å². The summed E-state index contributed by atoms with van der Waals surface area (Å²) >= 11 is 0. The normalized spacial score (nSPS) is 24.0. The van der Waals surface area contributed by atoms with Gasteiger partial charge in [0.05, 0.1) is 30.2 Å². The molecule has 0 radical (unpaired) electrons. The zero-order chi connectivity index (χ0) is 21.1. The van der Waals surface area contributed by atoms with Crippen LogP contribution in [0, 0.1) is 6.92 Å². The minimum Gasteiger partial charge on any atom is -0.487 e. The first-order chi connectivity index (χ1) is 14.5. The molecule has 4 rings (SSSR count). The van der Waals surface area contributed by atoms with Crippen molar-refractivity contribution in [3.05, 3.63) is 71.5 Å². The lowest BCUT2D eigenvalue weighted by atomic mass is 9.93. The largest absolute Gasteiger partial charge is 0.487 e. The Kier molecular flexibility index (Phi) is 6.10. The molecule has 3 N–H and O–H groups in total. The fourth-order valence-corrected chi connectivity index (χ4v) is 3.50. The van der Waals surface area contributed by atoms with Crippen LogP contribution in [0.15, 0.2) is 54.6 Å². The minimum absolute atomic E-state index is 0.195. The molecule has 30 heavy (non-hydrogen) atoms. The molecule has 2 heterocycles. The molecule has 1 aliphatic rings. The van der Waals surface area contributed by atoms with E-state index in [2.05, 4.69) is 10.2 Å². The number of benzene rings is 2. The lowest BCUT2D eigenvalue weighted by molar-refractivity contribution is -0.179. The van der Waals surface area contributed by atoms with Crippen molar-refractivity contribution in [1.82, 2.24) is 15.0 Å². The predicted molar refractivity (Wildman–Crippen MR) is 108 cm³/mol. The van der Waals surface area contributed by atoms with Crippen LogP contribution >= 0.6 is 0 Å². The molecule has 4 atom stereocenters.